The number of methoxy groups -OCH3 is 1. The molecule has 0 saturated carbocycles. The fourth-order valence-corrected chi connectivity index (χ4v) is 4.14. The summed E-state index contributed by atoms with van der Waals surface area (Å²) < 4.78 is 10.3. The van der Waals surface area contributed by atoms with Crippen LogP contribution in [0.15, 0.2) is 59.8 Å². The zero-order valence-electron chi connectivity index (χ0n) is 17.8. The number of aryl methyl sites for hydroxylation is 1. The van der Waals surface area contributed by atoms with E-state index in [0.717, 1.165) is 29.2 Å². The monoisotopic (exact) mass is 432 g/mol. The Morgan fingerprint density at radius 3 is 3.00 bits per heavy atom. The van der Waals surface area contributed by atoms with Crippen molar-refractivity contribution in [2.24, 2.45) is 0 Å². The van der Waals surface area contributed by atoms with Crippen molar-refractivity contribution in [2.75, 3.05) is 7.11 Å². The van der Waals surface area contributed by atoms with Crippen molar-refractivity contribution in [3.05, 3.63) is 82.4 Å². The highest BCUT2D eigenvalue weighted by Gasteiger charge is 2.22. The highest BCUT2D eigenvalue weighted by atomic mass is 16.5. The summed E-state index contributed by atoms with van der Waals surface area (Å²) >= 11 is 0. The van der Waals surface area contributed by atoms with Gasteiger partial charge in [0.15, 0.2) is 0 Å². The molecular formula is C23H24N6O3. The molecule has 1 unspecified atom stereocenters. The first-order valence-corrected chi connectivity index (χ1v) is 10.6. The molecule has 0 radical (unpaired) electrons. The van der Waals surface area contributed by atoms with Gasteiger partial charge in [0.05, 0.1) is 13.7 Å². The normalized spacial score (nSPS) is 15.8. The number of amides is 1. The van der Waals surface area contributed by atoms with Crippen LogP contribution in [0, 0.1) is 0 Å². The van der Waals surface area contributed by atoms with Gasteiger partial charge in [0, 0.05) is 43.2 Å². The Labute approximate surface area is 184 Å². The lowest BCUT2D eigenvalue weighted by Crippen LogP contribution is -2.36. The summed E-state index contributed by atoms with van der Waals surface area (Å²) in [5, 5.41) is 7.67. The molecule has 1 aliphatic heterocycles. The van der Waals surface area contributed by atoms with Crippen LogP contribution < -0.4 is 15.7 Å². The van der Waals surface area contributed by atoms with E-state index < -0.39 is 0 Å². The highest BCUT2D eigenvalue weighted by Crippen LogP contribution is 2.16. The molecule has 9 nitrogen and oxygen atoms in total. The Kier molecular flexibility index (Phi) is 5.22. The molecule has 3 aromatic heterocycles. The van der Waals surface area contributed by atoms with Crippen LogP contribution in [-0.2, 0) is 19.5 Å². The van der Waals surface area contributed by atoms with E-state index in [1.165, 1.54) is 4.68 Å². The smallest absolute Gasteiger partial charge is 0.346 e. The van der Waals surface area contributed by atoms with Crippen molar-refractivity contribution in [3.8, 4) is 5.75 Å². The van der Waals surface area contributed by atoms with Crippen molar-refractivity contribution in [1.82, 2.24) is 29.0 Å². The van der Waals surface area contributed by atoms with Crippen molar-refractivity contribution in [3.63, 3.8) is 0 Å². The van der Waals surface area contributed by atoms with Gasteiger partial charge in [-0.05, 0) is 42.7 Å². The fraction of sp³-hybridized carbons (Fsp3) is 0.304. The van der Waals surface area contributed by atoms with Gasteiger partial charge in [-0.2, -0.15) is 5.10 Å². The first kappa shape index (κ1) is 20.0. The van der Waals surface area contributed by atoms with Crippen LogP contribution in [0.4, 0.5) is 0 Å². The highest BCUT2D eigenvalue weighted by molar-refractivity contribution is 5.95. The Morgan fingerprint density at radius 2 is 2.12 bits per heavy atom. The lowest BCUT2D eigenvalue weighted by atomic mass is 10.1. The predicted octanol–water partition coefficient (Wildman–Crippen LogP) is 1.88. The molecule has 0 bridgehead atoms. The van der Waals surface area contributed by atoms with Gasteiger partial charge in [0.25, 0.3) is 5.91 Å². The average Bonchev–Trinajstić information content (AvgIpc) is 3.33. The van der Waals surface area contributed by atoms with Gasteiger partial charge in [-0.1, -0.05) is 12.1 Å². The van der Waals surface area contributed by atoms with Crippen LogP contribution in [0.1, 0.15) is 34.6 Å². The van der Waals surface area contributed by atoms with Gasteiger partial charge in [-0.25, -0.2) is 14.5 Å². The molecule has 0 saturated heterocycles. The quantitative estimate of drug-likeness (QED) is 0.520. The molecule has 164 valence electrons. The molecular weight excluding hydrogens is 408 g/mol. The van der Waals surface area contributed by atoms with Gasteiger partial charge < -0.3 is 14.5 Å². The summed E-state index contributed by atoms with van der Waals surface area (Å²) in [7, 11) is 1.62. The van der Waals surface area contributed by atoms with Gasteiger partial charge in [-0.3, -0.25) is 9.36 Å². The molecule has 1 N–H and O–H groups in total. The Balaban J connectivity index is 1.26. The number of aromatic nitrogens is 5. The predicted molar refractivity (Wildman–Crippen MR) is 118 cm³/mol. The van der Waals surface area contributed by atoms with E-state index in [0.29, 0.717) is 31.5 Å². The number of pyridine rings is 1. The largest absolute Gasteiger partial charge is 0.497 e. The average molecular weight is 432 g/mol. The van der Waals surface area contributed by atoms with Crippen LogP contribution in [0.2, 0.25) is 0 Å². The van der Waals surface area contributed by atoms with E-state index >= 15 is 0 Å². The molecule has 9 heteroatoms. The molecule has 4 aromatic rings. The Bertz CT molecular complexity index is 1340. The summed E-state index contributed by atoms with van der Waals surface area (Å²) in [4.78, 5) is 29.9. The van der Waals surface area contributed by atoms with Crippen LogP contribution in [-0.4, -0.2) is 42.8 Å². The number of rotatable bonds is 5. The number of benzene rings is 1. The number of carbonyl (C=O) groups is 1. The Morgan fingerprint density at radius 1 is 1.22 bits per heavy atom. The molecule has 1 aromatic carbocycles. The van der Waals surface area contributed by atoms with Crippen molar-refractivity contribution in [1.29, 1.82) is 0 Å². The number of carbonyl (C=O) groups excluding carboxylic acids is 1. The minimum atomic E-state index is -0.129. The first-order valence-electron chi connectivity index (χ1n) is 10.6. The lowest BCUT2D eigenvalue weighted by Gasteiger charge is -2.16. The van der Waals surface area contributed by atoms with Crippen molar-refractivity contribution in [2.45, 2.75) is 38.4 Å². The minimum absolute atomic E-state index is 0.0218. The molecule has 0 fully saturated rings. The van der Waals surface area contributed by atoms with Gasteiger partial charge >= 0.3 is 5.69 Å². The van der Waals surface area contributed by atoms with Gasteiger partial charge in [-0.15, -0.1) is 0 Å². The zero-order valence-corrected chi connectivity index (χ0v) is 17.8. The maximum absolute atomic E-state index is 12.9. The van der Waals surface area contributed by atoms with Gasteiger partial charge in [0.2, 0.25) is 0 Å². The topological polar surface area (TPSA) is 95.5 Å². The minimum Gasteiger partial charge on any atom is -0.497 e. The number of imidazole rings is 1. The number of hydrogen-bond donors (Lipinski definition) is 1. The molecule has 1 aliphatic rings. The summed E-state index contributed by atoms with van der Waals surface area (Å²) in [6, 6.07) is 11.2. The van der Waals surface area contributed by atoms with Crippen LogP contribution in [0.3, 0.4) is 0 Å². The van der Waals surface area contributed by atoms with E-state index in [4.69, 9.17) is 4.74 Å². The van der Waals surface area contributed by atoms with Crippen molar-refractivity contribution < 1.29 is 9.53 Å². The van der Waals surface area contributed by atoms with Crippen molar-refractivity contribution >= 4 is 11.6 Å². The molecule has 32 heavy (non-hydrogen) atoms. The number of ether oxygens (including phenoxy) is 1. The first-order chi connectivity index (χ1) is 15.6. The fourth-order valence-electron chi connectivity index (χ4n) is 4.14. The number of nitrogens with zero attached hydrogens (tertiary/aromatic N) is 5. The molecule has 0 spiro atoms. The second kappa shape index (κ2) is 8.33. The molecule has 0 aliphatic carbocycles. The maximum atomic E-state index is 12.9. The second-order valence-corrected chi connectivity index (χ2v) is 7.97. The summed E-state index contributed by atoms with van der Waals surface area (Å²) in [5.41, 5.74) is 2.14. The van der Waals surface area contributed by atoms with Crippen LogP contribution >= 0.6 is 0 Å². The van der Waals surface area contributed by atoms with E-state index in [-0.39, 0.29) is 17.6 Å². The lowest BCUT2D eigenvalue weighted by molar-refractivity contribution is 0.0933. The van der Waals surface area contributed by atoms with E-state index in [2.05, 4.69) is 15.4 Å². The third-order valence-corrected chi connectivity index (χ3v) is 5.88. The zero-order chi connectivity index (χ0) is 22.1. The standard InChI is InChI=1S/C23H24N6O3/c1-32-19-4-2-3-16(13-19)15-29-23(31)28-11-8-18(5-6-20(28)26-29)25-22(30)17-7-10-27-12-9-24-21(27)14-17/h2-4,7,9-10,12-14,18H,5-6,8,11,15H2,1H3,(H,25,30). The molecule has 1 atom stereocenters. The third kappa shape index (κ3) is 3.89. The SMILES string of the molecule is COc1cccc(Cn2nc3n(c2=O)CCC(NC(=O)c2ccn4ccnc4c2)CC3)c1. The summed E-state index contributed by atoms with van der Waals surface area (Å²) in [6.07, 6.45) is 7.40. The third-order valence-electron chi connectivity index (χ3n) is 5.88. The summed E-state index contributed by atoms with van der Waals surface area (Å²) in [6.45, 7) is 0.920. The molecule has 5 rings (SSSR count). The number of fused-ring (bicyclic) bond motifs is 2. The number of hydrogen-bond acceptors (Lipinski definition) is 5. The van der Waals surface area contributed by atoms with E-state index in [1.54, 1.807) is 30.0 Å². The molecule has 4 heterocycles. The second-order valence-electron chi connectivity index (χ2n) is 7.97. The van der Waals surface area contributed by atoms with E-state index in [1.807, 2.05) is 41.1 Å². The molecule has 1 amide bonds. The van der Waals surface area contributed by atoms with Gasteiger partial charge in [0.1, 0.15) is 17.2 Å². The van der Waals surface area contributed by atoms with Crippen LogP contribution in [0.5, 0.6) is 5.75 Å². The Hall–Kier alpha value is -3.88. The number of nitrogens with one attached hydrogen (secondary N) is 1. The van der Waals surface area contributed by atoms with Crippen LogP contribution in [0.25, 0.3) is 5.65 Å². The van der Waals surface area contributed by atoms with E-state index in [9.17, 15) is 9.59 Å². The maximum Gasteiger partial charge on any atom is 0.346 e. The summed E-state index contributed by atoms with van der Waals surface area (Å²) in [5.74, 6) is 1.38.